The number of nitrogens with one attached hydrogen (secondary N) is 1. The van der Waals surface area contributed by atoms with Crippen LogP contribution in [0.4, 0.5) is 0 Å². The standard InChI is InChI=1S/C19H22N2O3S/c1-15-6-2-5-9-18(15)25(23,24)20-12-10-19(22)21-13-11-16-7-3-4-8-17(16)14-21/h2-9,20H,10-14H2,1H3. The molecule has 1 N–H and O–H groups in total. The summed E-state index contributed by atoms with van der Waals surface area (Å²) < 4.78 is 27.2. The van der Waals surface area contributed by atoms with E-state index in [0.717, 1.165) is 6.42 Å². The van der Waals surface area contributed by atoms with Crippen LogP contribution in [-0.2, 0) is 27.8 Å². The fraction of sp³-hybridized carbons (Fsp3) is 0.316. The first-order chi connectivity index (χ1) is 12.0. The van der Waals surface area contributed by atoms with E-state index in [9.17, 15) is 13.2 Å². The maximum Gasteiger partial charge on any atom is 0.240 e. The van der Waals surface area contributed by atoms with Crippen LogP contribution in [0.15, 0.2) is 53.4 Å². The van der Waals surface area contributed by atoms with Crippen molar-refractivity contribution in [1.82, 2.24) is 9.62 Å². The molecule has 0 saturated carbocycles. The van der Waals surface area contributed by atoms with Crippen LogP contribution in [0.5, 0.6) is 0 Å². The van der Waals surface area contributed by atoms with Crippen LogP contribution in [0.3, 0.4) is 0 Å². The second-order valence-corrected chi connectivity index (χ2v) is 7.98. The molecular weight excluding hydrogens is 336 g/mol. The summed E-state index contributed by atoms with van der Waals surface area (Å²) in [6, 6.07) is 14.9. The van der Waals surface area contributed by atoms with Gasteiger partial charge in [-0.15, -0.1) is 0 Å². The normalized spacial score (nSPS) is 14.2. The lowest BCUT2D eigenvalue weighted by Gasteiger charge is -2.29. The Balaban J connectivity index is 1.56. The van der Waals surface area contributed by atoms with Crippen molar-refractivity contribution >= 4 is 15.9 Å². The van der Waals surface area contributed by atoms with E-state index in [1.807, 2.05) is 18.2 Å². The number of fused-ring (bicyclic) bond motifs is 1. The van der Waals surface area contributed by atoms with Crippen molar-refractivity contribution in [3.8, 4) is 0 Å². The summed E-state index contributed by atoms with van der Waals surface area (Å²) in [5, 5.41) is 0. The van der Waals surface area contributed by atoms with E-state index in [1.165, 1.54) is 11.1 Å². The second-order valence-electron chi connectivity index (χ2n) is 6.25. The molecule has 0 atom stereocenters. The Kier molecular flexibility index (Phi) is 5.20. The molecule has 0 bridgehead atoms. The first-order valence-corrected chi connectivity index (χ1v) is 9.85. The first-order valence-electron chi connectivity index (χ1n) is 8.37. The third-order valence-corrected chi connectivity index (χ3v) is 6.12. The monoisotopic (exact) mass is 358 g/mol. The van der Waals surface area contributed by atoms with Crippen molar-refractivity contribution in [2.45, 2.75) is 31.2 Å². The van der Waals surface area contributed by atoms with Gasteiger partial charge in [0.2, 0.25) is 15.9 Å². The van der Waals surface area contributed by atoms with E-state index in [4.69, 9.17) is 0 Å². The maximum atomic E-state index is 12.4. The van der Waals surface area contributed by atoms with E-state index in [2.05, 4.69) is 10.8 Å². The number of nitrogens with zero attached hydrogens (tertiary/aromatic N) is 1. The van der Waals surface area contributed by atoms with Gasteiger partial charge in [0.05, 0.1) is 4.90 Å². The predicted molar refractivity (Wildman–Crippen MR) is 96.5 cm³/mol. The quantitative estimate of drug-likeness (QED) is 0.891. The van der Waals surface area contributed by atoms with Crippen LogP contribution < -0.4 is 4.72 Å². The highest BCUT2D eigenvalue weighted by Gasteiger charge is 2.21. The molecule has 1 heterocycles. The maximum absolute atomic E-state index is 12.4. The average Bonchev–Trinajstić information content (AvgIpc) is 2.61. The van der Waals surface area contributed by atoms with E-state index >= 15 is 0 Å². The summed E-state index contributed by atoms with van der Waals surface area (Å²) in [7, 11) is -3.59. The molecule has 6 heteroatoms. The largest absolute Gasteiger partial charge is 0.338 e. The minimum atomic E-state index is -3.59. The minimum Gasteiger partial charge on any atom is -0.338 e. The van der Waals surface area contributed by atoms with Crippen molar-refractivity contribution in [3.05, 3.63) is 65.2 Å². The van der Waals surface area contributed by atoms with Crippen LogP contribution in [0.25, 0.3) is 0 Å². The number of benzene rings is 2. The van der Waals surface area contributed by atoms with Gasteiger partial charge in [0.15, 0.2) is 0 Å². The van der Waals surface area contributed by atoms with Crippen molar-refractivity contribution < 1.29 is 13.2 Å². The van der Waals surface area contributed by atoms with Gasteiger partial charge in [-0.3, -0.25) is 4.79 Å². The van der Waals surface area contributed by atoms with Crippen LogP contribution in [0.2, 0.25) is 0 Å². The fourth-order valence-corrected chi connectivity index (χ4v) is 4.37. The second kappa shape index (κ2) is 7.37. The lowest BCUT2D eigenvalue weighted by Crippen LogP contribution is -2.38. The van der Waals surface area contributed by atoms with Gasteiger partial charge in [-0.1, -0.05) is 42.5 Å². The zero-order valence-corrected chi connectivity index (χ0v) is 15.1. The fourth-order valence-electron chi connectivity index (χ4n) is 3.09. The summed E-state index contributed by atoms with van der Waals surface area (Å²) in [5.41, 5.74) is 3.14. The molecule has 0 saturated heterocycles. The molecule has 2 aromatic rings. The molecule has 0 unspecified atom stereocenters. The zero-order chi connectivity index (χ0) is 17.9. The molecule has 0 fully saturated rings. The molecule has 5 nitrogen and oxygen atoms in total. The minimum absolute atomic E-state index is 0.0259. The number of hydrogen-bond donors (Lipinski definition) is 1. The molecule has 0 spiro atoms. The van der Waals surface area contributed by atoms with Gasteiger partial charge in [-0.05, 0) is 36.1 Å². The lowest BCUT2D eigenvalue weighted by molar-refractivity contribution is -0.131. The molecule has 0 aromatic heterocycles. The van der Waals surface area contributed by atoms with Crippen LogP contribution in [0, 0.1) is 6.92 Å². The summed E-state index contributed by atoms with van der Waals surface area (Å²) in [4.78, 5) is 14.4. The van der Waals surface area contributed by atoms with Crippen LogP contribution >= 0.6 is 0 Å². The number of sulfonamides is 1. The highest BCUT2D eigenvalue weighted by Crippen LogP contribution is 2.19. The Bertz CT molecular complexity index is 878. The SMILES string of the molecule is Cc1ccccc1S(=O)(=O)NCCC(=O)N1CCc2ccccc2C1. The van der Waals surface area contributed by atoms with Gasteiger partial charge in [-0.2, -0.15) is 0 Å². The Morgan fingerprint density at radius 1 is 1.08 bits per heavy atom. The molecule has 25 heavy (non-hydrogen) atoms. The highest BCUT2D eigenvalue weighted by atomic mass is 32.2. The van der Waals surface area contributed by atoms with Gasteiger partial charge in [0, 0.05) is 26.1 Å². The number of aryl methyl sites for hydroxylation is 1. The van der Waals surface area contributed by atoms with Crippen molar-refractivity contribution in [2.75, 3.05) is 13.1 Å². The van der Waals surface area contributed by atoms with Gasteiger partial charge in [0.1, 0.15) is 0 Å². The molecule has 3 rings (SSSR count). The number of hydrogen-bond acceptors (Lipinski definition) is 3. The Morgan fingerprint density at radius 2 is 1.76 bits per heavy atom. The van der Waals surface area contributed by atoms with Crippen LogP contribution in [0.1, 0.15) is 23.1 Å². The molecule has 1 amide bonds. The van der Waals surface area contributed by atoms with Gasteiger partial charge in [0.25, 0.3) is 0 Å². The third-order valence-electron chi connectivity index (χ3n) is 4.50. The summed E-state index contributed by atoms with van der Waals surface area (Å²) in [6.07, 6.45) is 1.00. The molecule has 1 aliphatic heterocycles. The first kappa shape index (κ1) is 17.6. The van der Waals surface area contributed by atoms with Crippen molar-refractivity contribution in [2.24, 2.45) is 0 Å². The summed E-state index contributed by atoms with van der Waals surface area (Å²) in [6.45, 7) is 3.14. The van der Waals surface area contributed by atoms with E-state index in [0.29, 0.717) is 18.7 Å². The van der Waals surface area contributed by atoms with Gasteiger partial charge >= 0.3 is 0 Å². The molecule has 132 valence electrons. The third kappa shape index (κ3) is 4.08. The van der Waals surface area contributed by atoms with Crippen molar-refractivity contribution in [1.29, 1.82) is 0 Å². The molecule has 1 aliphatic rings. The number of amides is 1. The number of rotatable bonds is 5. The van der Waals surface area contributed by atoms with Gasteiger partial charge < -0.3 is 4.90 Å². The summed E-state index contributed by atoms with van der Waals surface area (Å²) >= 11 is 0. The predicted octanol–water partition coefficient (Wildman–Crippen LogP) is 2.25. The molecule has 2 aromatic carbocycles. The number of carbonyl (C=O) groups excluding carboxylic acids is 1. The number of carbonyl (C=O) groups is 1. The van der Waals surface area contributed by atoms with Crippen LogP contribution in [-0.4, -0.2) is 32.3 Å². The van der Waals surface area contributed by atoms with E-state index < -0.39 is 10.0 Å². The highest BCUT2D eigenvalue weighted by molar-refractivity contribution is 7.89. The summed E-state index contributed by atoms with van der Waals surface area (Å²) in [5.74, 6) is -0.0259. The Labute approximate surface area is 148 Å². The Morgan fingerprint density at radius 3 is 2.52 bits per heavy atom. The van der Waals surface area contributed by atoms with Crippen molar-refractivity contribution in [3.63, 3.8) is 0 Å². The topological polar surface area (TPSA) is 66.5 Å². The molecular formula is C19H22N2O3S. The smallest absolute Gasteiger partial charge is 0.240 e. The van der Waals surface area contributed by atoms with E-state index in [1.54, 1.807) is 36.1 Å². The lowest BCUT2D eigenvalue weighted by atomic mass is 10.00. The zero-order valence-electron chi connectivity index (χ0n) is 14.2. The van der Waals surface area contributed by atoms with E-state index in [-0.39, 0.29) is 23.8 Å². The van der Waals surface area contributed by atoms with Gasteiger partial charge in [-0.25, -0.2) is 13.1 Å². The molecule has 0 aliphatic carbocycles. The average molecular weight is 358 g/mol. The molecule has 0 radical (unpaired) electrons. The Hall–Kier alpha value is -2.18.